The topological polar surface area (TPSA) is 117 Å². The summed E-state index contributed by atoms with van der Waals surface area (Å²) in [7, 11) is 0. The highest BCUT2D eigenvalue weighted by molar-refractivity contribution is 6.30. The minimum absolute atomic E-state index is 0.0303. The third kappa shape index (κ3) is 3.59. The maximum absolute atomic E-state index is 13.4. The summed E-state index contributed by atoms with van der Waals surface area (Å²) in [6, 6.07) is 4.72. The molecule has 0 aliphatic carbocycles. The Hall–Kier alpha value is -3.61. The molecule has 29 heavy (non-hydrogen) atoms. The lowest BCUT2D eigenvalue weighted by Crippen LogP contribution is -2.20. The lowest BCUT2D eigenvalue weighted by atomic mass is 10.1. The van der Waals surface area contributed by atoms with Crippen molar-refractivity contribution in [3.8, 4) is 17.3 Å². The van der Waals surface area contributed by atoms with Crippen LogP contribution < -0.4 is 5.76 Å². The van der Waals surface area contributed by atoms with E-state index in [9.17, 15) is 18.0 Å². The first-order chi connectivity index (χ1) is 13.8. The molecule has 0 unspecified atom stereocenters. The Morgan fingerprint density at radius 3 is 2.66 bits per heavy atom. The molecule has 0 spiro atoms. The van der Waals surface area contributed by atoms with Crippen LogP contribution in [0.4, 0.5) is 13.2 Å². The number of nitrogens with zero attached hydrogens (tertiary/aromatic N) is 8. The van der Waals surface area contributed by atoms with Gasteiger partial charge in [-0.2, -0.15) is 17.9 Å². The summed E-state index contributed by atoms with van der Waals surface area (Å²) in [5, 5.41) is 14.3. The summed E-state index contributed by atoms with van der Waals surface area (Å²) in [5.41, 5.74) is -1.40. The van der Waals surface area contributed by atoms with E-state index in [1.165, 1.54) is 18.5 Å². The zero-order valence-corrected chi connectivity index (χ0v) is 14.8. The van der Waals surface area contributed by atoms with Crippen LogP contribution in [0, 0.1) is 0 Å². The van der Waals surface area contributed by atoms with Gasteiger partial charge in [-0.3, -0.25) is 4.52 Å². The fourth-order valence-electron chi connectivity index (χ4n) is 2.54. The molecular weight excluding hydrogens is 417 g/mol. The maximum atomic E-state index is 13.4. The maximum Gasteiger partial charge on any atom is 0.442 e. The number of alkyl halides is 3. The van der Waals surface area contributed by atoms with E-state index in [0.717, 1.165) is 21.4 Å². The first-order valence-corrected chi connectivity index (χ1v) is 8.20. The van der Waals surface area contributed by atoms with E-state index in [-0.39, 0.29) is 34.7 Å². The molecule has 0 aliphatic rings. The second kappa shape index (κ2) is 7.09. The summed E-state index contributed by atoms with van der Waals surface area (Å²) in [5.74, 6) is -0.911. The van der Waals surface area contributed by atoms with E-state index in [0.29, 0.717) is 0 Å². The molecule has 0 fully saturated rings. The van der Waals surface area contributed by atoms with Gasteiger partial charge in [0.25, 0.3) is 0 Å². The van der Waals surface area contributed by atoms with E-state index in [1.54, 1.807) is 6.07 Å². The Bertz CT molecular complexity index is 1220. The van der Waals surface area contributed by atoms with Gasteiger partial charge in [-0.15, -0.1) is 5.10 Å². The molecule has 10 nitrogen and oxygen atoms in total. The Morgan fingerprint density at radius 1 is 1.17 bits per heavy atom. The monoisotopic (exact) mass is 424 g/mol. The van der Waals surface area contributed by atoms with E-state index in [2.05, 4.69) is 35.2 Å². The van der Waals surface area contributed by atoms with Gasteiger partial charge in [-0.25, -0.2) is 19.3 Å². The summed E-state index contributed by atoms with van der Waals surface area (Å²) in [6.07, 6.45) is -1.85. The second-order valence-corrected chi connectivity index (χ2v) is 6.03. The van der Waals surface area contributed by atoms with Gasteiger partial charge in [0.15, 0.2) is 11.6 Å². The van der Waals surface area contributed by atoms with Crippen LogP contribution in [0.15, 0.2) is 46.0 Å². The van der Waals surface area contributed by atoms with Crippen molar-refractivity contribution in [2.45, 2.75) is 12.7 Å². The SMILES string of the molecule is O=c1onc(-c2ncccn2)n1Cc1nnnn1-c1ccc(Cl)cc1C(F)(F)F. The van der Waals surface area contributed by atoms with Crippen molar-refractivity contribution in [1.29, 1.82) is 0 Å². The standard InChI is InChI=1S/C15H8ClF3N8O2/c16-8-2-3-10(9(6-8)15(17,18)19)27-11(22-24-25-27)7-26-13(23-29-14(26)28)12-20-4-1-5-21-12/h1-6H,7H2. The summed E-state index contributed by atoms with van der Waals surface area (Å²) < 4.78 is 46.8. The number of hydrogen-bond donors (Lipinski definition) is 0. The zero-order chi connectivity index (χ0) is 20.6. The number of benzene rings is 1. The van der Waals surface area contributed by atoms with Gasteiger partial charge in [0.05, 0.1) is 17.8 Å². The molecule has 0 bridgehead atoms. The number of aromatic nitrogens is 8. The van der Waals surface area contributed by atoms with Crippen LogP contribution in [-0.4, -0.2) is 39.9 Å². The third-order valence-electron chi connectivity index (χ3n) is 3.78. The molecule has 148 valence electrons. The van der Waals surface area contributed by atoms with Crippen LogP contribution in [0.5, 0.6) is 0 Å². The average molecular weight is 425 g/mol. The molecule has 4 rings (SSSR count). The van der Waals surface area contributed by atoms with Crippen LogP contribution in [0.25, 0.3) is 17.3 Å². The number of tetrazole rings is 1. The predicted molar refractivity (Wildman–Crippen MR) is 90.1 cm³/mol. The average Bonchev–Trinajstić information content (AvgIpc) is 3.29. The molecule has 0 saturated heterocycles. The first kappa shape index (κ1) is 18.7. The fraction of sp³-hybridized carbons (Fsp3) is 0.133. The van der Waals surface area contributed by atoms with Crippen LogP contribution in [0.3, 0.4) is 0 Å². The lowest BCUT2D eigenvalue weighted by Gasteiger charge is -2.14. The molecule has 0 radical (unpaired) electrons. The number of halogens is 4. The third-order valence-corrected chi connectivity index (χ3v) is 4.01. The van der Waals surface area contributed by atoms with Crippen molar-refractivity contribution in [2.75, 3.05) is 0 Å². The van der Waals surface area contributed by atoms with E-state index in [4.69, 9.17) is 11.6 Å². The van der Waals surface area contributed by atoms with Crippen molar-refractivity contribution in [3.05, 3.63) is 63.6 Å². The minimum atomic E-state index is -4.71. The lowest BCUT2D eigenvalue weighted by molar-refractivity contribution is -0.137. The quantitative estimate of drug-likeness (QED) is 0.488. The van der Waals surface area contributed by atoms with Crippen molar-refractivity contribution in [1.82, 2.24) is 39.9 Å². The highest BCUT2D eigenvalue weighted by atomic mass is 35.5. The highest BCUT2D eigenvalue weighted by Crippen LogP contribution is 2.35. The van der Waals surface area contributed by atoms with Crippen molar-refractivity contribution >= 4 is 11.6 Å². The number of hydrogen-bond acceptors (Lipinski definition) is 8. The van der Waals surface area contributed by atoms with Crippen LogP contribution in [-0.2, 0) is 12.7 Å². The van der Waals surface area contributed by atoms with Gasteiger partial charge in [-0.1, -0.05) is 16.8 Å². The Labute approximate surface area is 163 Å². The van der Waals surface area contributed by atoms with Gasteiger partial charge in [-0.05, 0) is 34.7 Å². The Morgan fingerprint density at radius 2 is 1.93 bits per heavy atom. The van der Waals surface area contributed by atoms with E-state index >= 15 is 0 Å². The molecule has 0 aliphatic heterocycles. The summed E-state index contributed by atoms with van der Waals surface area (Å²) in [6.45, 7) is -0.344. The molecule has 3 aromatic heterocycles. The van der Waals surface area contributed by atoms with Crippen molar-refractivity contribution in [3.63, 3.8) is 0 Å². The molecule has 1 aromatic carbocycles. The fourth-order valence-corrected chi connectivity index (χ4v) is 2.71. The minimum Gasteiger partial charge on any atom is -0.295 e. The molecular formula is C15H8ClF3N8O2. The van der Waals surface area contributed by atoms with Gasteiger partial charge in [0.1, 0.15) is 0 Å². The predicted octanol–water partition coefficient (Wildman–Crippen LogP) is 1.99. The summed E-state index contributed by atoms with van der Waals surface area (Å²) in [4.78, 5) is 20.0. The molecule has 3 heterocycles. The zero-order valence-electron chi connectivity index (χ0n) is 14.1. The summed E-state index contributed by atoms with van der Waals surface area (Å²) >= 11 is 5.71. The molecule has 14 heteroatoms. The van der Waals surface area contributed by atoms with Crippen LogP contribution in [0.2, 0.25) is 5.02 Å². The van der Waals surface area contributed by atoms with Gasteiger partial charge < -0.3 is 0 Å². The molecule has 0 saturated carbocycles. The number of rotatable bonds is 4. The molecule has 4 aromatic rings. The smallest absolute Gasteiger partial charge is 0.295 e. The highest BCUT2D eigenvalue weighted by Gasteiger charge is 2.35. The molecule has 0 atom stereocenters. The molecule has 0 N–H and O–H groups in total. The van der Waals surface area contributed by atoms with Gasteiger partial charge in [0.2, 0.25) is 5.82 Å². The second-order valence-electron chi connectivity index (χ2n) is 5.60. The van der Waals surface area contributed by atoms with Crippen LogP contribution in [0.1, 0.15) is 11.4 Å². The molecule has 0 amide bonds. The van der Waals surface area contributed by atoms with Crippen molar-refractivity contribution < 1.29 is 17.7 Å². The van der Waals surface area contributed by atoms with E-state index in [1.807, 2.05) is 0 Å². The largest absolute Gasteiger partial charge is 0.442 e. The van der Waals surface area contributed by atoms with Crippen LogP contribution >= 0.6 is 11.6 Å². The normalized spacial score (nSPS) is 11.7. The Kier molecular flexibility index (Phi) is 4.58. The van der Waals surface area contributed by atoms with Crippen molar-refractivity contribution in [2.24, 2.45) is 0 Å². The first-order valence-electron chi connectivity index (χ1n) is 7.83. The van der Waals surface area contributed by atoms with E-state index < -0.39 is 17.5 Å². The van der Waals surface area contributed by atoms with Gasteiger partial charge >= 0.3 is 11.9 Å². The van der Waals surface area contributed by atoms with Gasteiger partial charge in [0, 0.05) is 17.4 Å². The Balaban J connectivity index is 1.79.